The number of carboxylic acids is 2. The number of hydrogen-bond acceptors (Lipinski definition) is 9. The number of aliphatic carboxylic acids is 2. The lowest BCUT2D eigenvalue weighted by Gasteiger charge is -2.24. The van der Waals surface area contributed by atoms with Crippen LogP contribution in [0.4, 0.5) is 0 Å². The third kappa shape index (κ3) is 12.1. The highest BCUT2D eigenvalue weighted by molar-refractivity contribution is 7.98. The van der Waals surface area contributed by atoms with Gasteiger partial charge in [0.05, 0.1) is 12.6 Å². The van der Waals surface area contributed by atoms with Crippen LogP contribution in [0.2, 0.25) is 0 Å². The fraction of sp³-hybridized carbons (Fsp3) is 0.722. The van der Waals surface area contributed by atoms with E-state index in [1.165, 1.54) is 23.5 Å². The largest absolute Gasteiger partial charge is 0.481 e. The van der Waals surface area contributed by atoms with Crippen LogP contribution in [0.3, 0.4) is 0 Å². The molecule has 4 unspecified atom stereocenters. The predicted octanol–water partition coefficient (Wildman–Crippen LogP) is -1.78. The molecule has 0 aliphatic rings. The van der Waals surface area contributed by atoms with Crippen LogP contribution in [-0.2, 0) is 24.0 Å². The number of nitrogens with two attached hydrogens (primary N) is 1. The first-order chi connectivity index (χ1) is 15.1. The number of amides is 3. The lowest BCUT2D eigenvalue weighted by molar-refractivity contribution is -0.142. The lowest BCUT2D eigenvalue weighted by atomic mass is 10.1. The van der Waals surface area contributed by atoms with E-state index in [1.54, 1.807) is 6.26 Å². The van der Waals surface area contributed by atoms with E-state index >= 15 is 0 Å². The van der Waals surface area contributed by atoms with E-state index in [1.807, 2.05) is 6.26 Å². The smallest absolute Gasteiger partial charge is 0.326 e. The van der Waals surface area contributed by atoms with E-state index in [0.29, 0.717) is 17.9 Å². The average molecular weight is 497 g/mol. The molecule has 3 amide bonds. The molecule has 0 fully saturated rings. The van der Waals surface area contributed by atoms with Crippen LogP contribution in [-0.4, -0.2) is 99.8 Å². The Bertz CT molecular complexity index is 652. The Morgan fingerprint density at radius 2 is 1.28 bits per heavy atom. The number of hydrogen-bond donors (Lipinski definition) is 7. The fourth-order valence-corrected chi connectivity index (χ4v) is 3.38. The van der Waals surface area contributed by atoms with Crippen LogP contribution < -0.4 is 21.7 Å². The summed E-state index contributed by atoms with van der Waals surface area (Å²) in [4.78, 5) is 59.4. The van der Waals surface area contributed by atoms with Gasteiger partial charge in [0.25, 0.3) is 0 Å². The van der Waals surface area contributed by atoms with Crippen molar-refractivity contribution in [2.45, 2.75) is 49.9 Å². The number of carbonyl (C=O) groups excluding carboxylic acids is 3. The highest BCUT2D eigenvalue weighted by atomic mass is 32.2. The highest BCUT2D eigenvalue weighted by Gasteiger charge is 2.30. The molecule has 0 radical (unpaired) electrons. The topological polar surface area (TPSA) is 208 Å². The third-order valence-corrected chi connectivity index (χ3v) is 5.58. The zero-order valence-corrected chi connectivity index (χ0v) is 19.7. The van der Waals surface area contributed by atoms with Crippen LogP contribution in [0.1, 0.15) is 25.7 Å². The number of aliphatic hydroxyl groups excluding tert-OH is 1. The van der Waals surface area contributed by atoms with Crippen LogP contribution in [0.25, 0.3) is 0 Å². The number of thioether (sulfide) groups is 2. The van der Waals surface area contributed by atoms with Gasteiger partial charge < -0.3 is 37.0 Å². The van der Waals surface area contributed by atoms with Gasteiger partial charge in [0.15, 0.2) is 0 Å². The summed E-state index contributed by atoms with van der Waals surface area (Å²) in [7, 11) is 0. The SMILES string of the molecule is CSCCC(N)C(=O)NC(CCC(=O)O)C(=O)NC(CO)C(=O)NC(CCSC)C(=O)O. The second-order valence-corrected chi connectivity index (χ2v) is 8.78. The summed E-state index contributed by atoms with van der Waals surface area (Å²) in [6.07, 6.45) is 3.38. The van der Waals surface area contributed by atoms with Gasteiger partial charge >= 0.3 is 11.9 Å². The monoisotopic (exact) mass is 496 g/mol. The summed E-state index contributed by atoms with van der Waals surface area (Å²) in [6, 6.07) is -4.93. The van der Waals surface area contributed by atoms with Crippen molar-refractivity contribution in [1.82, 2.24) is 16.0 Å². The number of carboxylic acid groups (broad SMARTS) is 2. The number of aliphatic hydroxyl groups is 1. The third-order valence-electron chi connectivity index (χ3n) is 4.29. The van der Waals surface area contributed by atoms with E-state index in [0.717, 1.165) is 0 Å². The maximum absolute atomic E-state index is 12.6. The van der Waals surface area contributed by atoms with E-state index in [-0.39, 0.29) is 12.8 Å². The van der Waals surface area contributed by atoms with Gasteiger partial charge in [-0.05, 0) is 43.3 Å². The Morgan fingerprint density at radius 3 is 1.78 bits per heavy atom. The molecule has 0 aliphatic carbocycles. The molecule has 0 aliphatic heterocycles. The van der Waals surface area contributed by atoms with Crippen molar-refractivity contribution in [3.05, 3.63) is 0 Å². The molecule has 0 rings (SSSR count). The summed E-state index contributed by atoms with van der Waals surface area (Å²) in [6.45, 7) is -0.834. The summed E-state index contributed by atoms with van der Waals surface area (Å²) in [5.74, 6) is -3.87. The van der Waals surface area contributed by atoms with Gasteiger partial charge in [0, 0.05) is 6.42 Å². The molecular formula is C18H32N4O8S2. The molecule has 0 aromatic carbocycles. The second kappa shape index (κ2) is 16.6. The minimum Gasteiger partial charge on any atom is -0.481 e. The number of rotatable bonds is 17. The zero-order chi connectivity index (χ0) is 24.7. The lowest BCUT2D eigenvalue weighted by Crippen LogP contribution is -2.58. The second-order valence-electron chi connectivity index (χ2n) is 6.81. The summed E-state index contributed by atoms with van der Waals surface area (Å²) in [5.41, 5.74) is 5.77. The molecular weight excluding hydrogens is 464 g/mol. The molecule has 4 atom stereocenters. The molecule has 184 valence electrons. The highest BCUT2D eigenvalue weighted by Crippen LogP contribution is 2.04. The average Bonchev–Trinajstić information content (AvgIpc) is 2.74. The van der Waals surface area contributed by atoms with E-state index in [2.05, 4.69) is 16.0 Å². The Labute approximate surface area is 194 Å². The number of nitrogens with one attached hydrogen (secondary N) is 3. The van der Waals surface area contributed by atoms with E-state index in [9.17, 15) is 34.2 Å². The fourth-order valence-electron chi connectivity index (χ4n) is 2.42. The minimum absolute atomic E-state index is 0.138. The van der Waals surface area contributed by atoms with Gasteiger partial charge in [-0.1, -0.05) is 0 Å². The normalized spacial score (nSPS) is 14.5. The maximum Gasteiger partial charge on any atom is 0.326 e. The molecule has 0 spiro atoms. The predicted molar refractivity (Wildman–Crippen MR) is 121 cm³/mol. The molecule has 32 heavy (non-hydrogen) atoms. The van der Waals surface area contributed by atoms with Crippen molar-refractivity contribution in [2.75, 3.05) is 30.6 Å². The van der Waals surface area contributed by atoms with Crippen molar-refractivity contribution in [2.24, 2.45) is 5.73 Å². The van der Waals surface area contributed by atoms with E-state index < -0.39 is 66.9 Å². The molecule has 0 bridgehead atoms. The molecule has 0 saturated heterocycles. The molecule has 8 N–H and O–H groups in total. The minimum atomic E-state index is -1.49. The molecule has 12 nitrogen and oxygen atoms in total. The number of carbonyl (C=O) groups is 5. The van der Waals surface area contributed by atoms with Crippen molar-refractivity contribution in [3.8, 4) is 0 Å². The molecule has 0 aromatic rings. The first-order valence-corrected chi connectivity index (χ1v) is 12.6. The first kappa shape index (κ1) is 30.0. The van der Waals surface area contributed by atoms with Crippen LogP contribution in [0.15, 0.2) is 0 Å². The Kier molecular flexibility index (Phi) is 15.5. The quantitative estimate of drug-likeness (QED) is 0.120. The van der Waals surface area contributed by atoms with Crippen molar-refractivity contribution < 1.29 is 39.3 Å². The molecule has 0 heterocycles. The van der Waals surface area contributed by atoms with Crippen LogP contribution in [0, 0.1) is 0 Å². The van der Waals surface area contributed by atoms with Gasteiger partial charge in [0.1, 0.15) is 18.1 Å². The molecule has 14 heteroatoms. The standard InChI is InChI=1S/C18H32N4O8S2/c1-31-7-5-10(19)15(26)20-11(3-4-14(24)25)16(27)22-13(9-23)17(28)21-12(18(29)30)6-8-32-2/h10-13,23H,3-9,19H2,1-2H3,(H,20,26)(H,21,28)(H,22,27)(H,24,25)(H,29,30). The molecule has 0 aromatic heterocycles. The van der Waals surface area contributed by atoms with E-state index in [4.69, 9.17) is 10.8 Å². The Morgan fingerprint density at radius 1 is 0.781 bits per heavy atom. The van der Waals surface area contributed by atoms with Crippen molar-refractivity contribution >= 4 is 53.2 Å². The van der Waals surface area contributed by atoms with Gasteiger partial charge in [-0.25, -0.2) is 4.79 Å². The Balaban J connectivity index is 5.21. The maximum atomic E-state index is 12.6. The van der Waals surface area contributed by atoms with Gasteiger partial charge in [-0.3, -0.25) is 19.2 Å². The summed E-state index contributed by atoms with van der Waals surface area (Å²) in [5, 5.41) is 34.5. The van der Waals surface area contributed by atoms with Crippen molar-refractivity contribution in [3.63, 3.8) is 0 Å². The van der Waals surface area contributed by atoms with Gasteiger partial charge in [-0.15, -0.1) is 0 Å². The van der Waals surface area contributed by atoms with Crippen LogP contribution in [0.5, 0.6) is 0 Å². The summed E-state index contributed by atoms with van der Waals surface area (Å²) < 4.78 is 0. The Hall–Kier alpha value is -2.03. The summed E-state index contributed by atoms with van der Waals surface area (Å²) >= 11 is 2.87. The van der Waals surface area contributed by atoms with Crippen molar-refractivity contribution in [1.29, 1.82) is 0 Å². The van der Waals surface area contributed by atoms with Crippen LogP contribution >= 0.6 is 23.5 Å². The first-order valence-electron chi connectivity index (χ1n) is 9.77. The zero-order valence-electron chi connectivity index (χ0n) is 18.0. The molecule has 0 saturated carbocycles. The van der Waals surface area contributed by atoms with Gasteiger partial charge in [0.2, 0.25) is 17.7 Å². The van der Waals surface area contributed by atoms with Gasteiger partial charge in [-0.2, -0.15) is 23.5 Å².